The summed E-state index contributed by atoms with van der Waals surface area (Å²) in [5.74, 6) is 1.44. The summed E-state index contributed by atoms with van der Waals surface area (Å²) < 4.78 is 10.7. The van der Waals surface area contributed by atoms with Crippen LogP contribution in [-0.2, 0) is 6.42 Å². The van der Waals surface area contributed by atoms with Crippen LogP contribution in [-0.4, -0.2) is 25.7 Å². The van der Waals surface area contributed by atoms with Crippen LogP contribution in [0.4, 0.5) is 5.69 Å². The van der Waals surface area contributed by atoms with Gasteiger partial charge in [-0.05, 0) is 25.0 Å². The Hall–Kier alpha value is -1.97. The van der Waals surface area contributed by atoms with E-state index in [2.05, 4.69) is 30.2 Å². The summed E-state index contributed by atoms with van der Waals surface area (Å²) in [6, 6.07) is 6.03. The second kappa shape index (κ2) is 6.46. The van der Waals surface area contributed by atoms with E-state index in [1.54, 1.807) is 14.2 Å². The van der Waals surface area contributed by atoms with Crippen LogP contribution in [0.5, 0.6) is 11.5 Å². The first-order valence-electron chi connectivity index (χ1n) is 7.03. The van der Waals surface area contributed by atoms with Crippen molar-refractivity contribution in [1.82, 2.24) is 4.98 Å². The molecule has 1 aromatic heterocycles. The minimum atomic E-state index is 0.710. The molecular formula is C16H22N2O2. The Bertz CT molecular complexity index is 597. The average molecular weight is 274 g/mol. The van der Waals surface area contributed by atoms with Crippen molar-refractivity contribution < 1.29 is 9.47 Å². The number of aromatic nitrogens is 1. The van der Waals surface area contributed by atoms with E-state index in [0.29, 0.717) is 5.75 Å². The van der Waals surface area contributed by atoms with Crippen LogP contribution in [0.1, 0.15) is 26.0 Å². The van der Waals surface area contributed by atoms with Gasteiger partial charge in [0.25, 0.3) is 0 Å². The van der Waals surface area contributed by atoms with Crippen molar-refractivity contribution in [3.05, 3.63) is 23.9 Å². The Labute approximate surface area is 120 Å². The number of fused-ring (bicyclic) bond motifs is 1. The Morgan fingerprint density at radius 2 is 1.75 bits per heavy atom. The lowest BCUT2D eigenvalue weighted by Gasteiger charge is -2.14. The van der Waals surface area contributed by atoms with E-state index in [9.17, 15) is 0 Å². The lowest BCUT2D eigenvalue weighted by molar-refractivity contribution is 0.356. The molecule has 0 radical (unpaired) electrons. The smallest absolute Gasteiger partial charge is 0.162 e. The average Bonchev–Trinajstić information content (AvgIpc) is 2.50. The molecule has 1 N–H and O–H groups in total. The SMILES string of the molecule is CCCNc1cc(CC)nc2cc(OC)c(OC)cc12. The number of benzene rings is 1. The second-order valence-electron chi connectivity index (χ2n) is 4.67. The van der Waals surface area contributed by atoms with Crippen molar-refractivity contribution in [2.45, 2.75) is 26.7 Å². The molecule has 108 valence electrons. The minimum Gasteiger partial charge on any atom is -0.493 e. The molecule has 2 rings (SSSR count). The van der Waals surface area contributed by atoms with Crippen LogP contribution in [0.3, 0.4) is 0 Å². The summed E-state index contributed by atoms with van der Waals surface area (Å²) in [5.41, 5.74) is 3.11. The largest absolute Gasteiger partial charge is 0.493 e. The number of pyridine rings is 1. The van der Waals surface area contributed by atoms with Gasteiger partial charge in [-0.1, -0.05) is 13.8 Å². The van der Waals surface area contributed by atoms with Gasteiger partial charge in [0.05, 0.1) is 19.7 Å². The van der Waals surface area contributed by atoms with Gasteiger partial charge in [0.1, 0.15) is 0 Å². The standard InChI is InChI=1S/C16H22N2O2/c1-5-7-17-13-8-11(6-2)18-14-10-16(20-4)15(19-3)9-12(13)14/h8-10H,5-7H2,1-4H3,(H,17,18). The fourth-order valence-electron chi connectivity index (χ4n) is 2.19. The fourth-order valence-corrected chi connectivity index (χ4v) is 2.19. The molecule has 0 saturated carbocycles. The van der Waals surface area contributed by atoms with Crippen molar-refractivity contribution in [3.63, 3.8) is 0 Å². The molecule has 0 amide bonds. The molecule has 0 saturated heterocycles. The summed E-state index contributed by atoms with van der Waals surface area (Å²) >= 11 is 0. The van der Waals surface area contributed by atoms with E-state index in [-0.39, 0.29) is 0 Å². The highest BCUT2D eigenvalue weighted by molar-refractivity contribution is 5.94. The van der Waals surface area contributed by atoms with Crippen molar-refractivity contribution in [2.24, 2.45) is 0 Å². The van der Waals surface area contributed by atoms with E-state index in [1.807, 2.05) is 12.1 Å². The summed E-state index contributed by atoms with van der Waals surface area (Å²) in [6.45, 7) is 5.20. The molecule has 1 aromatic carbocycles. The van der Waals surface area contributed by atoms with Crippen LogP contribution >= 0.6 is 0 Å². The first kappa shape index (κ1) is 14.4. The summed E-state index contributed by atoms with van der Waals surface area (Å²) in [6.07, 6.45) is 1.99. The molecule has 0 aliphatic carbocycles. The maximum absolute atomic E-state index is 5.38. The molecular weight excluding hydrogens is 252 g/mol. The maximum Gasteiger partial charge on any atom is 0.162 e. The summed E-state index contributed by atoms with van der Waals surface area (Å²) in [4.78, 5) is 4.67. The highest BCUT2D eigenvalue weighted by atomic mass is 16.5. The van der Waals surface area contributed by atoms with Gasteiger partial charge in [-0.2, -0.15) is 0 Å². The number of aryl methyl sites for hydroxylation is 1. The van der Waals surface area contributed by atoms with Gasteiger partial charge in [0.15, 0.2) is 11.5 Å². The normalized spacial score (nSPS) is 10.6. The first-order valence-corrected chi connectivity index (χ1v) is 7.03. The molecule has 0 aliphatic heterocycles. The number of hydrogen-bond donors (Lipinski definition) is 1. The Kier molecular flexibility index (Phi) is 4.66. The lowest BCUT2D eigenvalue weighted by atomic mass is 10.1. The summed E-state index contributed by atoms with van der Waals surface area (Å²) in [7, 11) is 3.29. The third-order valence-electron chi connectivity index (χ3n) is 3.29. The zero-order valence-corrected chi connectivity index (χ0v) is 12.6. The van der Waals surface area contributed by atoms with Crippen LogP contribution < -0.4 is 14.8 Å². The molecule has 1 heterocycles. The van der Waals surface area contributed by atoms with Crippen LogP contribution in [0.15, 0.2) is 18.2 Å². The van der Waals surface area contributed by atoms with Gasteiger partial charge in [-0.25, -0.2) is 0 Å². The number of nitrogens with one attached hydrogen (secondary N) is 1. The van der Waals surface area contributed by atoms with Gasteiger partial charge in [0, 0.05) is 29.4 Å². The first-order chi connectivity index (χ1) is 9.73. The van der Waals surface area contributed by atoms with Crippen molar-refractivity contribution in [2.75, 3.05) is 26.1 Å². The zero-order chi connectivity index (χ0) is 14.5. The third-order valence-corrected chi connectivity index (χ3v) is 3.29. The Balaban J connectivity index is 2.62. The molecule has 0 fully saturated rings. The van der Waals surface area contributed by atoms with E-state index in [1.165, 1.54) is 0 Å². The van der Waals surface area contributed by atoms with Gasteiger partial charge in [0.2, 0.25) is 0 Å². The van der Waals surface area contributed by atoms with Crippen molar-refractivity contribution in [3.8, 4) is 11.5 Å². The monoisotopic (exact) mass is 274 g/mol. The van der Waals surface area contributed by atoms with Crippen LogP contribution in [0.25, 0.3) is 10.9 Å². The third kappa shape index (κ3) is 2.79. The number of methoxy groups -OCH3 is 2. The number of nitrogens with zero attached hydrogens (tertiary/aromatic N) is 1. The number of anilines is 1. The highest BCUT2D eigenvalue weighted by Crippen LogP contribution is 2.35. The molecule has 0 atom stereocenters. The number of ether oxygens (including phenoxy) is 2. The molecule has 0 bridgehead atoms. The van der Waals surface area contributed by atoms with Gasteiger partial charge >= 0.3 is 0 Å². The topological polar surface area (TPSA) is 43.4 Å². The minimum absolute atomic E-state index is 0.710. The summed E-state index contributed by atoms with van der Waals surface area (Å²) in [5, 5.41) is 4.53. The predicted octanol–water partition coefficient (Wildman–Crippen LogP) is 3.64. The Morgan fingerprint density at radius 1 is 1.05 bits per heavy atom. The lowest BCUT2D eigenvalue weighted by Crippen LogP contribution is -2.03. The van der Waals surface area contributed by atoms with Crippen molar-refractivity contribution in [1.29, 1.82) is 0 Å². The van der Waals surface area contributed by atoms with Crippen LogP contribution in [0.2, 0.25) is 0 Å². The van der Waals surface area contributed by atoms with E-state index < -0.39 is 0 Å². The molecule has 4 heteroatoms. The predicted molar refractivity (Wildman–Crippen MR) is 83.0 cm³/mol. The van der Waals surface area contributed by atoms with Gasteiger partial charge < -0.3 is 14.8 Å². The zero-order valence-electron chi connectivity index (χ0n) is 12.6. The molecule has 0 unspecified atom stereocenters. The van der Waals surface area contributed by atoms with Crippen molar-refractivity contribution >= 4 is 16.6 Å². The fraction of sp³-hybridized carbons (Fsp3) is 0.438. The van der Waals surface area contributed by atoms with Crippen LogP contribution in [0, 0.1) is 0 Å². The maximum atomic E-state index is 5.38. The number of rotatable bonds is 6. The second-order valence-corrected chi connectivity index (χ2v) is 4.67. The highest BCUT2D eigenvalue weighted by Gasteiger charge is 2.11. The van der Waals surface area contributed by atoms with Gasteiger partial charge in [-0.15, -0.1) is 0 Å². The number of hydrogen-bond acceptors (Lipinski definition) is 4. The quantitative estimate of drug-likeness (QED) is 0.873. The molecule has 2 aromatic rings. The Morgan fingerprint density at radius 3 is 2.35 bits per heavy atom. The van der Waals surface area contributed by atoms with E-state index in [4.69, 9.17) is 9.47 Å². The molecule has 0 spiro atoms. The van der Waals surface area contributed by atoms with E-state index >= 15 is 0 Å². The van der Waals surface area contributed by atoms with Gasteiger partial charge in [-0.3, -0.25) is 4.98 Å². The molecule has 4 nitrogen and oxygen atoms in total. The molecule has 0 aliphatic rings. The molecule has 20 heavy (non-hydrogen) atoms. The van der Waals surface area contributed by atoms with E-state index in [0.717, 1.165) is 47.4 Å².